The molecule has 0 amide bonds. The first-order valence-corrected chi connectivity index (χ1v) is 7.55. The molecule has 0 bridgehead atoms. The summed E-state index contributed by atoms with van der Waals surface area (Å²) >= 11 is 0. The molecule has 0 spiro atoms. The Morgan fingerprint density at radius 3 is 2.74 bits per heavy atom. The van der Waals surface area contributed by atoms with Gasteiger partial charge < -0.3 is 9.73 Å². The summed E-state index contributed by atoms with van der Waals surface area (Å²) in [5, 5.41) is 3.56. The van der Waals surface area contributed by atoms with Gasteiger partial charge in [0, 0.05) is 24.2 Å². The van der Waals surface area contributed by atoms with Gasteiger partial charge in [0.05, 0.1) is 12.8 Å². The lowest BCUT2D eigenvalue weighted by Gasteiger charge is -2.25. The monoisotopic (exact) mass is 264 g/mol. The molecule has 1 aromatic heterocycles. The Balaban J connectivity index is 1.84. The quantitative estimate of drug-likeness (QED) is 0.780. The van der Waals surface area contributed by atoms with Gasteiger partial charge in [-0.15, -0.1) is 0 Å². The molecule has 108 valence electrons. The number of hydrogen-bond acceptors (Lipinski definition) is 3. The summed E-state index contributed by atoms with van der Waals surface area (Å²) in [6, 6.07) is 3.45. The first-order chi connectivity index (χ1) is 9.06. The summed E-state index contributed by atoms with van der Waals surface area (Å²) < 4.78 is 5.66. The van der Waals surface area contributed by atoms with E-state index in [1.807, 2.05) is 6.26 Å². The normalized spacial score (nSPS) is 17.4. The minimum atomic E-state index is 0.592. The van der Waals surface area contributed by atoms with Crippen molar-refractivity contribution >= 4 is 0 Å². The van der Waals surface area contributed by atoms with Gasteiger partial charge in [-0.1, -0.05) is 13.8 Å². The van der Waals surface area contributed by atoms with Crippen molar-refractivity contribution in [1.29, 1.82) is 0 Å². The third-order valence-corrected chi connectivity index (χ3v) is 3.95. The van der Waals surface area contributed by atoms with Crippen molar-refractivity contribution in [3.05, 3.63) is 23.7 Å². The van der Waals surface area contributed by atoms with E-state index in [1.54, 1.807) is 0 Å². The number of rotatable bonds is 8. The van der Waals surface area contributed by atoms with Crippen LogP contribution in [0.4, 0.5) is 0 Å². The Morgan fingerprint density at radius 2 is 2.11 bits per heavy atom. The second kappa shape index (κ2) is 6.58. The van der Waals surface area contributed by atoms with Gasteiger partial charge in [0.1, 0.15) is 5.76 Å². The Hall–Kier alpha value is -0.800. The molecule has 0 aromatic carbocycles. The minimum Gasteiger partial charge on any atom is -0.468 e. The smallest absolute Gasteiger partial charge is 0.122 e. The number of furan rings is 1. The highest BCUT2D eigenvalue weighted by atomic mass is 16.3. The maximum absolute atomic E-state index is 5.66. The van der Waals surface area contributed by atoms with E-state index < -0.39 is 0 Å². The van der Waals surface area contributed by atoms with Gasteiger partial charge in [-0.2, -0.15) is 0 Å². The molecule has 1 saturated carbocycles. The van der Waals surface area contributed by atoms with Gasteiger partial charge >= 0.3 is 0 Å². The van der Waals surface area contributed by atoms with E-state index in [0.717, 1.165) is 30.8 Å². The van der Waals surface area contributed by atoms with Crippen molar-refractivity contribution in [2.45, 2.75) is 65.2 Å². The maximum atomic E-state index is 5.66. The zero-order chi connectivity index (χ0) is 13.8. The highest BCUT2D eigenvalue weighted by Crippen LogP contribution is 2.21. The topological polar surface area (TPSA) is 28.4 Å². The fourth-order valence-corrected chi connectivity index (χ4v) is 2.45. The third-order valence-electron chi connectivity index (χ3n) is 3.95. The molecule has 1 aliphatic rings. The molecule has 1 heterocycles. The number of hydrogen-bond donors (Lipinski definition) is 1. The highest BCUT2D eigenvalue weighted by Gasteiger charge is 2.21. The molecule has 1 unspecified atom stereocenters. The van der Waals surface area contributed by atoms with E-state index in [2.05, 4.69) is 44.1 Å². The summed E-state index contributed by atoms with van der Waals surface area (Å²) in [7, 11) is 2.19. The predicted molar refractivity (Wildman–Crippen MR) is 79.0 cm³/mol. The van der Waals surface area contributed by atoms with E-state index in [-0.39, 0.29) is 0 Å². The van der Waals surface area contributed by atoms with E-state index in [9.17, 15) is 0 Å². The molecule has 1 fully saturated rings. The zero-order valence-corrected chi connectivity index (χ0v) is 12.8. The molecule has 0 radical (unpaired) electrons. The van der Waals surface area contributed by atoms with Crippen LogP contribution in [0.1, 0.15) is 51.4 Å². The van der Waals surface area contributed by atoms with Gasteiger partial charge in [-0.05, 0) is 45.2 Å². The molecule has 3 heteroatoms. The van der Waals surface area contributed by atoms with Gasteiger partial charge in [0.25, 0.3) is 0 Å². The summed E-state index contributed by atoms with van der Waals surface area (Å²) in [6.45, 7) is 8.71. The summed E-state index contributed by atoms with van der Waals surface area (Å²) in [5.41, 5.74) is 1.32. The van der Waals surface area contributed by atoms with Crippen LogP contribution in [-0.2, 0) is 13.1 Å². The Morgan fingerprint density at radius 1 is 1.37 bits per heavy atom. The minimum absolute atomic E-state index is 0.592. The lowest BCUT2D eigenvalue weighted by atomic mass is 10.0. The molecular weight excluding hydrogens is 236 g/mol. The summed E-state index contributed by atoms with van der Waals surface area (Å²) in [6.07, 6.45) is 5.71. The van der Waals surface area contributed by atoms with E-state index in [4.69, 9.17) is 4.42 Å². The van der Waals surface area contributed by atoms with E-state index in [0.29, 0.717) is 6.04 Å². The summed E-state index contributed by atoms with van der Waals surface area (Å²) in [4.78, 5) is 2.39. The van der Waals surface area contributed by atoms with Gasteiger partial charge in [-0.3, -0.25) is 4.90 Å². The van der Waals surface area contributed by atoms with Crippen LogP contribution in [0.5, 0.6) is 0 Å². The van der Waals surface area contributed by atoms with Gasteiger partial charge in [-0.25, -0.2) is 0 Å². The van der Waals surface area contributed by atoms with Crippen molar-refractivity contribution in [1.82, 2.24) is 10.2 Å². The molecule has 3 nitrogen and oxygen atoms in total. The predicted octanol–water partition coefficient (Wildman–Crippen LogP) is 3.40. The van der Waals surface area contributed by atoms with Crippen LogP contribution in [-0.4, -0.2) is 24.0 Å². The van der Waals surface area contributed by atoms with Crippen molar-refractivity contribution < 1.29 is 4.42 Å². The Bertz CT molecular complexity index is 382. The molecule has 1 aromatic rings. The fraction of sp³-hybridized carbons (Fsp3) is 0.750. The van der Waals surface area contributed by atoms with Crippen molar-refractivity contribution in [3.63, 3.8) is 0 Å². The van der Waals surface area contributed by atoms with Gasteiger partial charge in [0.2, 0.25) is 0 Å². The molecule has 1 aliphatic carbocycles. The highest BCUT2D eigenvalue weighted by molar-refractivity contribution is 5.17. The molecule has 0 saturated heterocycles. The summed E-state index contributed by atoms with van der Waals surface area (Å²) in [5.74, 6) is 1.86. The van der Waals surface area contributed by atoms with Crippen LogP contribution in [0.15, 0.2) is 16.7 Å². The first-order valence-electron chi connectivity index (χ1n) is 7.55. The molecular formula is C16H28N2O. The molecule has 0 aliphatic heterocycles. The average molecular weight is 264 g/mol. The molecule has 1 N–H and O–H groups in total. The van der Waals surface area contributed by atoms with Gasteiger partial charge in [0.15, 0.2) is 0 Å². The van der Waals surface area contributed by atoms with E-state index >= 15 is 0 Å². The van der Waals surface area contributed by atoms with Crippen LogP contribution >= 0.6 is 0 Å². The van der Waals surface area contributed by atoms with Crippen LogP contribution in [0.25, 0.3) is 0 Å². The molecule has 1 atom stereocenters. The standard InChI is InChI=1S/C16H28N2O/c1-12(2)9-13(3)18(4)11-16-14(7-8-19-16)10-17-15-5-6-15/h7-8,12-13,15,17H,5-6,9-11H2,1-4H3. The largest absolute Gasteiger partial charge is 0.468 e. The lowest BCUT2D eigenvalue weighted by Crippen LogP contribution is -2.30. The Kier molecular flexibility index (Phi) is 5.06. The molecule has 19 heavy (non-hydrogen) atoms. The lowest BCUT2D eigenvalue weighted by molar-refractivity contribution is 0.204. The van der Waals surface area contributed by atoms with Crippen molar-refractivity contribution in [3.8, 4) is 0 Å². The number of nitrogens with zero attached hydrogens (tertiary/aromatic N) is 1. The van der Waals surface area contributed by atoms with Crippen LogP contribution < -0.4 is 5.32 Å². The Labute approximate surface area is 117 Å². The SMILES string of the molecule is CC(C)CC(C)N(C)Cc1occc1CNC1CC1. The van der Waals surface area contributed by atoms with Crippen LogP contribution in [0, 0.1) is 5.92 Å². The van der Waals surface area contributed by atoms with Crippen LogP contribution in [0.3, 0.4) is 0 Å². The molecule has 2 rings (SSSR count). The second-order valence-electron chi connectivity index (χ2n) is 6.42. The van der Waals surface area contributed by atoms with Crippen molar-refractivity contribution in [2.75, 3.05) is 7.05 Å². The fourth-order valence-electron chi connectivity index (χ4n) is 2.45. The van der Waals surface area contributed by atoms with E-state index in [1.165, 1.54) is 24.8 Å². The van der Waals surface area contributed by atoms with Crippen LogP contribution in [0.2, 0.25) is 0 Å². The second-order valence-corrected chi connectivity index (χ2v) is 6.42. The third kappa shape index (κ3) is 4.66. The average Bonchev–Trinajstić information content (AvgIpc) is 3.07. The zero-order valence-electron chi connectivity index (χ0n) is 12.8. The number of nitrogens with one attached hydrogen (secondary N) is 1. The van der Waals surface area contributed by atoms with Crippen molar-refractivity contribution in [2.24, 2.45) is 5.92 Å². The first kappa shape index (κ1) is 14.6. The maximum Gasteiger partial charge on any atom is 0.122 e.